The summed E-state index contributed by atoms with van der Waals surface area (Å²) < 4.78 is 4.95. The predicted octanol–water partition coefficient (Wildman–Crippen LogP) is 7.46. The summed E-state index contributed by atoms with van der Waals surface area (Å²) in [6.45, 7) is 15.6. The number of hydrogen-bond donors (Lipinski definition) is 2. The molecule has 6 aliphatic rings. The summed E-state index contributed by atoms with van der Waals surface area (Å²) in [6, 6.07) is 8.29. The van der Waals surface area contributed by atoms with Gasteiger partial charge in [-0.2, -0.15) is 0 Å². The van der Waals surface area contributed by atoms with Gasteiger partial charge in [0.15, 0.2) is 0 Å². The van der Waals surface area contributed by atoms with Crippen molar-refractivity contribution in [2.24, 2.45) is 51.6 Å². The van der Waals surface area contributed by atoms with Crippen molar-refractivity contribution < 1.29 is 9.53 Å². The fraction of sp³-hybridized carbons (Fsp3) is 0.806. The van der Waals surface area contributed by atoms with E-state index < -0.39 is 0 Å². The number of hydrogen-bond acceptors (Lipinski definition) is 4. The van der Waals surface area contributed by atoms with Gasteiger partial charge in [0.25, 0.3) is 0 Å². The van der Waals surface area contributed by atoms with Gasteiger partial charge in [-0.25, -0.2) is 4.79 Å². The van der Waals surface area contributed by atoms with Crippen molar-refractivity contribution in [1.82, 2.24) is 5.32 Å². The van der Waals surface area contributed by atoms with Crippen LogP contribution in [-0.4, -0.2) is 29.7 Å². The quantitative estimate of drug-likeness (QED) is 0.305. The molecule has 11 atom stereocenters. The molecule has 1 saturated heterocycles. The molecule has 40 heavy (non-hydrogen) atoms. The Morgan fingerprint density at radius 2 is 1.57 bits per heavy atom. The van der Waals surface area contributed by atoms with Gasteiger partial charge in [0.2, 0.25) is 0 Å². The second-order valence-electron chi connectivity index (χ2n) is 16.6. The van der Waals surface area contributed by atoms with E-state index in [-0.39, 0.29) is 22.6 Å². The molecular weight excluding hydrogens is 492 g/mol. The third kappa shape index (κ3) is 3.09. The summed E-state index contributed by atoms with van der Waals surface area (Å²) in [5.74, 6) is 4.03. The molecule has 0 aromatic heterocycles. The van der Waals surface area contributed by atoms with E-state index in [1.54, 1.807) is 0 Å². The van der Waals surface area contributed by atoms with Crippen LogP contribution in [-0.2, 0) is 4.74 Å². The van der Waals surface area contributed by atoms with E-state index in [0.717, 1.165) is 23.7 Å². The maximum absolute atomic E-state index is 12.0. The number of carbonyl (C=O) groups excluding carboxylic acids is 1. The molecule has 1 spiro atoms. The standard InChI is InChI=1S/C36H54N2O2/c1-22(2)25-14-17-35(37)20-18-31(3)27(29(25)35)12-13-28-32(31,4)19-21-36-33(28,5)16-15-26(34(36,6)38-36)23-8-10-24(11-9-23)30(39)40-7/h8-11,22,25-29,38H,12-21,37H2,1-7H3/t25-,26?,27+,28-,29+,31+,32+,33+,34?,35-,36-/m0/s1. The number of nitrogens with one attached hydrogen (secondary N) is 1. The number of methoxy groups -OCH3 is 1. The van der Waals surface area contributed by atoms with Gasteiger partial charge in [0.1, 0.15) is 0 Å². The Morgan fingerprint density at radius 1 is 0.875 bits per heavy atom. The normalized spacial score (nSPS) is 52.6. The SMILES string of the molecule is COC(=O)c1ccc(C2CC[C@]3(C)[C@H]4CC[C@@H]5[C@H]6[C@H](C(C)C)CC[C@]6(N)CC[C@@]5(C)[C@]4(C)CC[C@]34NC24C)cc1. The Bertz CT molecular complexity index is 1210. The Hall–Kier alpha value is -1.39. The molecule has 0 radical (unpaired) electrons. The van der Waals surface area contributed by atoms with E-state index in [1.165, 1.54) is 76.9 Å². The summed E-state index contributed by atoms with van der Waals surface area (Å²) in [4.78, 5) is 12.0. The summed E-state index contributed by atoms with van der Waals surface area (Å²) in [6.07, 6.45) is 13.0. The highest BCUT2D eigenvalue weighted by atomic mass is 16.5. The van der Waals surface area contributed by atoms with Crippen LogP contribution in [0.1, 0.15) is 128 Å². The highest BCUT2D eigenvalue weighted by Crippen LogP contribution is 2.80. The first-order valence-corrected chi connectivity index (χ1v) is 16.6. The lowest BCUT2D eigenvalue weighted by molar-refractivity contribution is -0.212. The summed E-state index contributed by atoms with van der Waals surface area (Å²) in [5.41, 5.74) is 10.8. The summed E-state index contributed by atoms with van der Waals surface area (Å²) in [5, 5.41) is 4.25. The average molecular weight is 547 g/mol. The van der Waals surface area contributed by atoms with E-state index >= 15 is 0 Å². The van der Waals surface area contributed by atoms with Crippen LogP contribution in [0.5, 0.6) is 0 Å². The third-order valence-corrected chi connectivity index (χ3v) is 15.6. The first kappa shape index (κ1) is 27.4. The molecule has 1 aromatic carbocycles. The lowest BCUT2D eigenvalue weighted by atomic mass is 9.33. The Labute approximate surface area is 243 Å². The molecule has 5 saturated carbocycles. The van der Waals surface area contributed by atoms with Gasteiger partial charge in [-0.05, 0) is 135 Å². The third-order valence-electron chi connectivity index (χ3n) is 15.6. The molecule has 1 aliphatic heterocycles. The fourth-order valence-corrected chi connectivity index (χ4v) is 13.2. The van der Waals surface area contributed by atoms with Gasteiger partial charge in [-0.3, -0.25) is 0 Å². The minimum Gasteiger partial charge on any atom is -0.465 e. The molecular formula is C36H54N2O2. The van der Waals surface area contributed by atoms with Crippen LogP contribution in [0.2, 0.25) is 0 Å². The van der Waals surface area contributed by atoms with E-state index in [9.17, 15) is 4.79 Å². The largest absolute Gasteiger partial charge is 0.465 e. The van der Waals surface area contributed by atoms with Gasteiger partial charge in [-0.1, -0.05) is 46.8 Å². The Kier molecular flexibility index (Phi) is 5.74. The van der Waals surface area contributed by atoms with E-state index in [4.69, 9.17) is 10.5 Å². The second-order valence-corrected chi connectivity index (χ2v) is 16.6. The van der Waals surface area contributed by atoms with Crippen molar-refractivity contribution in [1.29, 1.82) is 0 Å². The van der Waals surface area contributed by atoms with Gasteiger partial charge < -0.3 is 15.8 Å². The number of benzene rings is 1. The van der Waals surface area contributed by atoms with Crippen LogP contribution in [0.15, 0.2) is 24.3 Å². The molecule has 7 rings (SSSR count). The molecule has 0 bridgehead atoms. The Morgan fingerprint density at radius 3 is 2.25 bits per heavy atom. The monoisotopic (exact) mass is 546 g/mol. The number of esters is 1. The van der Waals surface area contributed by atoms with Crippen LogP contribution in [0, 0.1) is 45.8 Å². The van der Waals surface area contributed by atoms with Crippen molar-refractivity contribution in [3.05, 3.63) is 35.4 Å². The number of rotatable bonds is 3. The molecule has 2 unspecified atom stereocenters. The van der Waals surface area contributed by atoms with Gasteiger partial charge >= 0.3 is 5.97 Å². The zero-order chi connectivity index (χ0) is 28.5. The van der Waals surface area contributed by atoms with Crippen molar-refractivity contribution in [3.63, 3.8) is 0 Å². The topological polar surface area (TPSA) is 74.3 Å². The molecule has 220 valence electrons. The predicted molar refractivity (Wildman–Crippen MR) is 161 cm³/mol. The maximum Gasteiger partial charge on any atom is 0.337 e. The lowest BCUT2D eigenvalue weighted by Gasteiger charge is -2.71. The van der Waals surface area contributed by atoms with Crippen molar-refractivity contribution in [3.8, 4) is 0 Å². The molecule has 1 aromatic rings. The number of carbonyl (C=O) groups is 1. The zero-order valence-electron chi connectivity index (χ0n) is 26.2. The van der Waals surface area contributed by atoms with E-state index in [2.05, 4.69) is 59.0 Å². The molecule has 5 aliphatic carbocycles. The first-order valence-electron chi connectivity index (χ1n) is 16.6. The van der Waals surface area contributed by atoms with E-state index in [1.807, 2.05) is 12.1 Å². The molecule has 4 nitrogen and oxygen atoms in total. The summed E-state index contributed by atoms with van der Waals surface area (Å²) >= 11 is 0. The van der Waals surface area contributed by atoms with Crippen LogP contribution >= 0.6 is 0 Å². The van der Waals surface area contributed by atoms with Gasteiger partial charge in [0.05, 0.1) is 12.7 Å². The molecule has 3 N–H and O–H groups in total. The van der Waals surface area contributed by atoms with E-state index in [0.29, 0.717) is 33.6 Å². The van der Waals surface area contributed by atoms with Crippen LogP contribution in [0.4, 0.5) is 0 Å². The van der Waals surface area contributed by atoms with Crippen molar-refractivity contribution in [2.75, 3.05) is 7.11 Å². The van der Waals surface area contributed by atoms with Crippen molar-refractivity contribution in [2.45, 2.75) is 128 Å². The van der Waals surface area contributed by atoms with Gasteiger partial charge in [-0.15, -0.1) is 0 Å². The number of ether oxygens (including phenoxy) is 1. The molecule has 4 heteroatoms. The van der Waals surface area contributed by atoms with Crippen LogP contribution in [0.25, 0.3) is 0 Å². The van der Waals surface area contributed by atoms with Crippen LogP contribution in [0.3, 0.4) is 0 Å². The molecule has 6 fully saturated rings. The zero-order valence-corrected chi connectivity index (χ0v) is 26.2. The summed E-state index contributed by atoms with van der Waals surface area (Å²) in [7, 11) is 1.46. The lowest BCUT2D eigenvalue weighted by Crippen LogP contribution is -2.69. The molecule has 1 heterocycles. The smallest absolute Gasteiger partial charge is 0.337 e. The average Bonchev–Trinajstić information content (AvgIpc) is 3.41. The minimum atomic E-state index is -0.252. The minimum absolute atomic E-state index is 0.0835. The Balaban J connectivity index is 1.20. The second kappa shape index (κ2) is 8.37. The number of fused-ring (bicyclic) bond motifs is 6. The highest BCUT2D eigenvalue weighted by molar-refractivity contribution is 5.89. The highest BCUT2D eigenvalue weighted by Gasteiger charge is 2.82. The van der Waals surface area contributed by atoms with Gasteiger partial charge in [0, 0.05) is 22.5 Å². The van der Waals surface area contributed by atoms with Crippen molar-refractivity contribution >= 4 is 5.97 Å². The first-order chi connectivity index (χ1) is 18.8. The maximum atomic E-state index is 12.0. The fourth-order valence-electron chi connectivity index (χ4n) is 13.2. The molecule has 0 amide bonds. The van der Waals surface area contributed by atoms with Crippen LogP contribution < -0.4 is 11.1 Å². The number of nitrogens with two attached hydrogens (primary N) is 1.